The Kier molecular flexibility index (Phi) is 4.01. The highest BCUT2D eigenvalue weighted by Crippen LogP contribution is 2.31. The summed E-state index contributed by atoms with van der Waals surface area (Å²) in [6.45, 7) is 2.14. The van der Waals surface area contributed by atoms with Gasteiger partial charge in [-0.25, -0.2) is 0 Å². The molecule has 0 saturated heterocycles. The molecule has 0 spiro atoms. The standard InChI is InChI=1S/C13H19N3OS/c1-8(3-4-18-2)15-12-7-11-9(5-10(12)14)6-13(17)16-11/h5,7-8,15H,3-4,6,14H2,1-2H3,(H,16,17). The van der Waals surface area contributed by atoms with E-state index in [9.17, 15) is 4.79 Å². The lowest BCUT2D eigenvalue weighted by Crippen LogP contribution is -2.17. The summed E-state index contributed by atoms with van der Waals surface area (Å²) in [6, 6.07) is 4.19. The van der Waals surface area contributed by atoms with E-state index in [1.165, 1.54) is 0 Å². The van der Waals surface area contributed by atoms with Gasteiger partial charge in [-0.3, -0.25) is 4.79 Å². The van der Waals surface area contributed by atoms with Crippen LogP contribution in [-0.2, 0) is 11.2 Å². The highest BCUT2D eigenvalue weighted by Gasteiger charge is 2.19. The maximum absolute atomic E-state index is 11.3. The summed E-state index contributed by atoms with van der Waals surface area (Å²) in [5.74, 6) is 1.16. The summed E-state index contributed by atoms with van der Waals surface area (Å²) >= 11 is 1.84. The number of hydrogen-bond acceptors (Lipinski definition) is 4. The second kappa shape index (κ2) is 5.52. The second-order valence-corrected chi connectivity index (χ2v) is 5.63. The Balaban J connectivity index is 2.10. The first kappa shape index (κ1) is 13.1. The van der Waals surface area contributed by atoms with Crippen molar-refractivity contribution in [3.63, 3.8) is 0 Å². The van der Waals surface area contributed by atoms with Gasteiger partial charge in [0.25, 0.3) is 0 Å². The van der Waals surface area contributed by atoms with Crippen molar-refractivity contribution in [2.45, 2.75) is 25.8 Å². The molecule has 18 heavy (non-hydrogen) atoms. The lowest BCUT2D eigenvalue weighted by atomic mass is 10.1. The van der Waals surface area contributed by atoms with Gasteiger partial charge in [-0.05, 0) is 43.0 Å². The van der Waals surface area contributed by atoms with Crippen LogP contribution in [0.25, 0.3) is 0 Å². The molecule has 4 nitrogen and oxygen atoms in total. The Hall–Kier alpha value is -1.36. The first-order chi connectivity index (χ1) is 8.60. The molecule has 1 atom stereocenters. The van der Waals surface area contributed by atoms with Gasteiger partial charge in [0, 0.05) is 11.7 Å². The van der Waals surface area contributed by atoms with Crippen LogP contribution < -0.4 is 16.4 Å². The van der Waals surface area contributed by atoms with Gasteiger partial charge in [-0.1, -0.05) is 0 Å². The molecule has 0 fully saturated rings. The molecular formula is C13H19N3OS. The number of nitrogens with two attached hydrogens (primary N) is 1. The van der Waals surface area contributed by atoms with E-state index < -0.39 is 0 Å². The molecule has 98 valence electrons. The molecular weight excluding hydrogens is 246 g/mol. The quantitative estimate of drug-likeness (QED) is 0.715. The Morgan fingerprint density at radius 2 is 2.33 bits per heavy atom. The maximum Gasteiger partial charge on any atom is 0.228 e. The van der Waals surface area contributed by atoms with Crippen LogP contribution in [0.4, 0.5) is 17.1 Å². The average molecular weight is 265 g/mol. The van der Waals surface area contributed by atoms with E-state index in [1.54, 1.807) is 0 Å². The Morgan fingerprint density at radius 3 is 3.06 bits per heavy atom. The van der Waals surface area contributed by atoms with Crippen LogP contribution in [0.3, 0.4) is 0 Å². The van der Waals surface area contributed by atoms with Gasteiger partial charge >= 0.3 is 0 Å². The fraction of sp³-hybridized carbons (Fsp3) is 0.462. The molecule has 1 aliphatic rings. The van der Waals surface area contributed by atoms with Gasteiger partial charge < -0.3 is 16.4 Å². The van der Waals surface area contributed by atoms with Gasteiger partial charge in [0.05, 0.1) is 17.8 Å². The number of hydrogen-bond donors (Lipinski definition) is 3. The predicted molar refractivity (Wildman–Crippen MR) is 79.3 cm³/mol. The largest absolute Gasteiger partial charge is 0.397 e. The summed E-state index contributed by atoms with van der Waals surface area (Å²) < 4.78 is 0. The fourth-order valence-electron chi connectivity index (χ4n) is 2.05. The van der Waals surface area contributed by atoms with E-state index in [-0.39, 0.29) is 5.91 Å². The fourth-order valence-corrected chi connectivity index (χ4v) is 2.64. The Labute approximate surface area is 112 Å². The third-order valence-electron chi connectivity index (χ3n) is 3.06. The molecule has 1 aromatic carbocycles. The van der Waals surface area contributed by atoms with Crippen molar-refractivity contribution in [2.75, 3.05) is 28.4 Å². The number of carbonyl (C=O) groups is 1. The minimum absolute atomic E-state index is 0.0389. The molecule has 5 heteroatoms. The summed E-state index contributed by atoms with van der Waals surface area (Å²) in [6.07, 6.45) is 3.62. The second-order valence-electron chi connectivity index (χ2n) is 4.65. The third-order valence-corrected chi connectivity index (χ3v) is 3.70. The monoisotopic (exact) mass is 265 g/mol. The SMILES string of the molecule is CSCCC(C)Nc1cc2c(cc1N)CC(=O)N2. The number of carbonyl (C=O) groups excluding carboxylic acids is 1. The minimum atomic E-state index is 0.0389. The molecule has 1 unspecified atom stereocenters. The van der Waals surface area contributed by atoms with E-state index in [0.29, 0.717) is 18.2 Å². The van der Waals surface area contributed by atoms with Crippen molar-refractivity contribution in [3.8, 4) is 0 Å². The number of fused-ring (bicyclic) bond motifs is 1. The van der Waals surface area contributed by atoms with Gasteiger partial charge in [0.15, 0.2) is 0 Å². The molecule has 1 aliphatic heterocycles. The number of nitrogen functional groups attached to an aromatic ring is 1. The Morgan fingerprint density at radius 1 is 1.56 bits per heavy atom. The number of amides is 1. The smallest absolute Gasteiger partial charge is 0.228 e. The van der Waals surface area contributed by atoms with E-state index in [0.717, 1.165) is 29.1 Å². The molecule has 0 bridgehead atoms. The first-order valence-electron chi connectivity index (χ1n) is 6.08. The summed E-state index contributed by atoms with van der Waals surface area (Å²) in [5.41, 5.74) is 9.49. The molecule has 1 heterocycles. The van der Waals surface area contributed by atoms with Crippen LogP contribution >= 0.6 is 11.8 Å². The average Bonchev–Trinajstić information content (AvgIpc) is 2.66. The van der Waals surface area contributed by atoms with E-state index in [4.69, 9.17) is 5.73 Å². The van der Waals surface area contributed by atoms with Crippen molar-refractivity contribution >= 4 is 34.7 Å². The van der Waals surface area contributed by atoms with Crippen LogP contribution in [0.15, 0.2) is 12.1 Å². The highest BCUT2D eigenvalue weighted by atomic mass is 32.2. The van der Waals surface area contributed by atoms with Crippen LogP contribution in [0, 0.1) is 0 Å². The van der Waals surface area contributed by atoms with Gasteiger partial charge in [-0.2, -0.15) is 11.8 Å². The number of anilines is 3. The van der Waals surface area contributed by atoms with Crippen molar-refractivity contribution in [3.05, 3.63) is 17.7 Å². The van der Waals surface area contributed by atoms with E-state index in [2.05, 4.69) is 23.8 Å². The van der Waals surface area contributed by atoms with Crippen LogP contribution in [0.5, 0.6) is 0 Å². The lowest BCUT2D eigenvalue weighted by Gasteiger charge is -2.17. The van der Waals surface area contributed by atoms with Crippen LogP contribution in [0.1, 0.15) is 18.9 Å². The van der Waals surface area contributed by atoms with Crippen molar-refractivity contribution in [1.82, 2.24) is 0 Å². The van der Waals surface area contributed by atoms with E-state index >= 15 is 0 Å². The molecule has 0 radical (unpaired) electrons. The topological polar surface area (TPSA) is 67.1 Å². The summed E-state index contributed by atoms with van der Waals surface area (Å²) in [4.78, 5) is 11.3. The molecule has 2 rings (SSSR count). The van der Waals surface area contributed by atoms with Crippen molar-refractivity contribution < 1.29 is 4.79 Å². The third kappa shape index (κ3) is 2.90. The van der Waals surface area contributed by atoms with Crippen molar-refractivity contribution in [1.29, 1.82) is 0 Å². The molecule has 4 N–H and O–H groups in total. The number of nitrogens with one attached hydrogen (secondary N) is 2. The Bertz CT molecular complexity index is 462. The maximum atomic E-state index is 11.3. The molecule has 0 aromatic heterocycles. The number of thioether (sulfide) groups is 1. The number of rotatable bonds is 5. The molecule has 1 amide bonds. The lowest BCUT2D eigenvalue weighted by molar-refractivity contribution is -0.115. The molecule has 0 saturated carbocycles. The summed E-state index contributed by atoms with van der Waals surface area (Å²) in [5, 5.41) is 6.24. The summed E-state index contributed by atoms with van der Waals surface area (Å²) in [7, 11) is 0. The van der Waals surface area contributed by atoms with Gasteiger partial charge in [-0.15, -0.1) is 0 Å². The zero-order valence-corrected chi connectivity index (χ0v) is 11.6. The highest BCUT2D eigenvalue weighted by molar-refractivity contribution is 7.98. The molecule has 0 aliphatic carbocycles. The van der Waals surface area contributed by atoms with Gasteiger partial charge in [0.2, 0.25) is 5.91 Å². The minimum Gasteiger partial charge on any atom is -0.397 e. The first-order valence-corrected chi connectivity index (χ1v) is 7.47. The zero-order valence-electron chi connectivity index (χ0n) is 10.7. The predicted octanol–water partition coefficient (Wildman–Crippen LogP) is 2.32. The molecule has 1 aromatic rings. The van der Waals surface area contributed by atoms with Crippen LogP contribution in [0.2, 0.25) is 0 Å². The normalized spacial score (nSPS) is 15.1. The van der Waals surface area contributed by atoms with Gasteiger partial charge in [0.1, 0.15) is 0 Å². The van der Waals surface area contributed by atoms with E-state index in [1.807, 2.05) is 23.9 Å². The zero-order chi connectivity index (χ0) is 13.1. The van der Waals surface area contributed by atoms with Crippen molar-refractivity contribution in [2.24, 2.45) is 0 Å². The number of benzene rings is 1. The van der Waals surface area contributed by atoms with Crippen LogP contribution in [-0.4, -0.2) is 24.0 Å².